The van der Waals surface area contributed by atoms with Crippen molar-refractivity contribution in [1.29, 1.82) is 0 Å². The minimum absolute atomic E-state index is 0.0472. The van der Waals surface area contributed by atoms with Crippen LogP contribution in [0, 0.1) is 17.7 Å². The first-order chi connectivity index (χ1) is 13.5. The van der Waals surface area contributed by atoms with Gasteiger partial charge in [-0.3, -0.25) is 9.69 Å². The number of halogens is 1. The fourth-order valence-corrected chi connectivity index (χ4v) is 2.70. The summed E-state index contributed by atoms with van der Waals surface area (Å²) < 4.78 is 19.6. The average molecular weight is 382 g/mol. The molecule has 0 aliphatic carbocycles. The third-order valence-electron chi connectivity index (χ3n) is 4.20. The molecular weight excluding hydrogens is 363 g/mol. The number of hydrogen-bond donors (Lipinski definition) is 2. The van der Waals surface area contributed by atoms with Gasteiger partial charge in [0, 0.05) is 12.5 Å². The number of nitrogens with one attached hydrogen (secondary N) is 1. The van der Waals surface area contributed by atoms with Crippen molar-refractivity contribution < 1.29 is 23.8 Å². The second kappa shape index (κ2) is 8.55. The molecule has 1 heterocycles. The summed E-state index contributed by atoms with van der Waals surface area (Å²) in [6.07, 6.45) is -1.07. The molecule has 1 saturated heterocycles. The van der Waals surface area contributed by atoms with Crippen molar-refractivity contribution >= 4 is 17.7 Å². The van der Waals surface area contributed by atoms with E-state index in [1.807, 2.05) is 0 Å². The summed E-state index contributed by atoms with van der Waals surface area (Å²) in [5.74, 6) is 4.88. The van der Waals surface area contributed by atoms with Crippen molar-refractivity contribution in [2.45, 2.75) is 19.6 Å². The zero-order valence-corrected chi connectivity index (χ0v) is 15.2. The maximum atomic E-state index is 14.4. The number of nitrogens with zero attached hydrogens (tertiary/aromatic N) is 1. The van der Waals surface area contributed by atoms with Crippen molar-refractivity contribution in [2.24, 2.45) is 0 Å². The maximum absolute atomic E-state index is 14.4. The lowest BCUT2D eigenvalue weighted by atomic mass is 10.1. The van der Waals surface area contributed by atoms with Gasteiger partial charge >= 0.3 is 6.09 Å². The van der Waals surface area contributed by atoms with Crippen LogP contribution in [0.3, 0.4) is 0 Å². The van der Waals surface area contributed by atoms with E-state index in [0.29, 0.717) is 11.3 Å². The largest absolute Gasteiger partial charge is 0.442 e. The van der Waals surface area contributed by atoms with E-state index >= 15 is 0 Å². The molecule has 0 unspecified atom stereocenters. The van der Waals surface area contributed by atoms with Crippen molar-refractivity contribution in [1.82, 2.24) is 5.32 Å². The van der Waals surface area contributed by atoms with Gasteiger partial charge in [0.2, 0.25) is 5.91 Å². The number of aliphatic hydroxyl groups is 1. The minimum Gasteiger partial charge on any atom is -0.442 e. The van der Waals surface area contributed by atoms with E-state index in [9.17, 15) is 14.0 Å². The Balaban J connectivity index is 1.71. The molecule has 144 valence electrons. The highest BCUT2D eigenvalue weighted by molar-refractivity contribution is 5.90. The summed E-state index contributed by atoms with van der Waals surface area (Å²) >= 11 is 0. The molecule has 3 rings (SSSR count). The van der Waals surface area contributed by atoms with Crippen molar-refractivity contribution in [3.8, 4) is 11.8 Å². The predicted octanol–water partition coefficient (Wildman–Crippen LogP) is 2.18. The van der Waals surface area contributed by atoms with Crippen LogP contribution >= 0.6 is 0 Å². The molecule has 1 aliphatic heterocycles. The minimum atomic E-state index is -0.586. The van der Waals surface area contributed by atoms with E-state index in [1.165, 1.54) is 24.0 Å². The molecule has 0 saturated carbocycles. The number of carbonyl (C=O) groups excluding carboxylic acids is 2. The molecule has 0 radical (unpaired) electrons. The third kappa shape index (κ3) is 4.67. The van der Waals surface area contributed by atoms with Crippen molar-refractivity contribution in [2.75, 3.05) is 18.0 Å². The van der Waals surface area contributed by atoms with Gasteiger partial charge in [-0.2, -0.15) is 0 Å². The Hall–Kier alpha value is -3.37. The van der Waals surface area contributed by atoms with Crippen LogP contribution in [0.15, 0.2) is 42.5 Å². The van der Waals surface area contributed by atoms with Gasteiger partial charge in [-0.25, -0.2) is 9.18 Å². The molecule has 2 N–H and O–H groups in total. The molecule has 0 bridgehead atoms. The van der Waals surface area contributed by atoms with Crippen LogP contribution in [0.2, 0.25) is 0 Å². The number of cyclic esters (lactones) is 1. The molecule has 28 heavy (non-hydrogen) atoms. The summed E-state index contributed by atoms with van der Waals surface area (Å²) in [6.45, 7) is 1.76. The SMILES string of the molecule is CC(=O)NC[C@H]1CN(c2ccc(C#Cc3ccc(CO)cc3)c(F)c2)C(=O)O1. The van der Waals surface area contributed by atoms with Gasteiger partial charge in [0.1, 0.15) is 11.9 Å². The molecule has 1 aliphatic rings. The lowest BCUT2D eigenvalue weighted by Crippen LogP contribution is -2.33. The number of ether oxygens (including phenoxy) is 1. The first-order valence-electron chi connectivity index (χ1n) is 8.70. The number of carbonyl (C=O) groups is 2. The monoisotopic (exact) mass is 382 g/mol. The average Bonchev–Trinajstić information content (AvgIpc) is 3.06. The Morgan fingerprint density at radius 2 is 2.04 bits per heavy atom. The van der Waals surface area contributed by atoms with Crippen LogP contribution < -0.4 is 10.2 Å². The Labute approximate surface area is 161 Å². The number of hydrogen-bond acceptors (Lipinski definition) is 4. The van der Waals surface area contributed by atoms with E-state index in [4.69, 9.17) is 9.84 Å². The molecule has 0 aromatic heterocycles. The summed E-state index contributed by atoms with van der Waals surface area (Å²) in [5.41, 5.74) is 2.04. The van der Waals surface area contributed by atoms with Crippen molar-refractivity contribution in [3.05, 3.63) is 65.0 Å². The van der Waals surface area contributed by atoms with Gasteiger partial charge in [-0.15, -0.1) is 0 Å². The maximum Gasteiger partial charge on any atom is 0.414 e. The van der Waals surface area contributed by atoms with Gasteiger partial charge in [0.15, 0.2) is 0 Å². The first-order valence-corrected chi connectivity index (χ1v) is 8.70. The highest BCUT2D eigenvalue weighted by Gasteiger charge is 2.32. The Morgan fingerprint density at radius 1 is 1.29 bits per heavy atom. The fraction of sp³-hybridized carbons (Fsp3) is 0.238. The third-order valence-corrected chi connectivity index (χ3v) is 4.20. The Morgan fingerprint density at radius 3 is 2.68 bits per heavy atom. The normalized spacial score (nSPS) is 15.6. The van der Waals surface area contributed by atoms with E-state index in [1.54, 1.807) is 30.3 Å². The lowest BCUT2D eigenvalue weighted by Gasteiger charge is -2.13. The number of rotatable bonds is 4. The van der Waals surface area contributed by atoms with E-state index in [-0.39, 0.29) is 31.2 Å². The smallest absolute Gasteiger partial charge is 0.414 e. The predicted molar refractivity (Wildman–Crippen MR) is 101 cm³/mol. The first kappa shape index (κ1) is 19.4. The van der Waals surface area contributed by atoms with Crippen LogP contribution in [0.5, 0.6) is 0 Å². The molecule has 2 amide bonds. The van der Waals surface area contributed by atoms with Gasteiger partial charge in [0.25, 0.3) is 0 Å². The molecule has 2 aromatic carbocycles. The molecule has 6 nitrogen and oxygen atoms in total. The van der Waals surface area contributed by atoms with Crippen LogP contribution in [-0.2, 0) is 16.1 Å². The number of anilines is 1. The van der Waals surface area contributed by atoms with Crippen LogP contribution in [0.1, 0.15) is 23.6 Å². The highest BCUT2D eigenvalue weighted by atomic mass is 19.1. The van der Waals surface area contributed by atoms with E-state index in [2.05, 4.69) is 17.2 Å². The molecule has 1 fully saturated rings. The van der Waals surface area contributed by atoms with E-state index in [0.717, 1.165) is 5.56 Å². The fourth-order valence-electron chi connectivity index (χ4n) is 2.70. The van der Waals surface area contributed by atoms with Gasteiger partial charge in [-0.1, -0.05) is 24.0 Å². The second-order valence-corrected chi connectivity index (χ2v) is 6.32. The highest BCUT2D eigenvalue weighted by Crippen LogP contribution is 2.23. The molecule has 0 spiro atoms. The summed E-state index contributed by atoms with van der Waals surface area (Å²) in [6, 6.07) is 11.3. The van der Waals surface area contributed by atoms with Gasteiger partial charge in [0.05, 0.1) is 30.9 Å². The van der Waals surface area contributed by atoms with Crippen LogP contribution in [0.25, 0.3) is 0 Å². The molecule has 7 heteroatoms. The second-order valence-electron chi connectivity index (χ2n) is 6.32. The summed E-state index contributed by atoms with van der Waals surface area (Å²) in [5, 5.41) is 11.6. The standard InChI is InChI=1S/C21H19FN2O4/c1-14(26)23-11-19-12-24(21(27)28-19)18-9-8-17(20(22)10-18)7-6-15-2-4-16(13-25)5-3-15/h2-5,8-10,19,25H,11-13H2,1H3,(H,23,26)/t19-/m0/s1. The van der Waals surface area contributed by atoms with Crippen LogP contribution in [0.4, 0.5) is 14.9 Å². The van der Waals surface area contributed by atoms with E-state index < -0.39 is 18.0 Å². The molecule has 1 atom stereocenters. The summed E-state index contributed by atoms with van der Waals surface area (Å²) in [7, 11) is 0. The van der Waals surface area contributed by atoms with Gasteiger partial charge < -0.3 is 15.2 Å². The Kier molecular flexibility index (Phi) is 5.92. The molecular formula is C21H19FN2O4. The van der Waals surface area contributed by atoms with Gasteiger partial charge in [-0.05, 0) is 35.9 Å². The topological polar surface area (TPSA) is 78.9 Å². The Bertz CT molecular complexity index is 947. The zero-order valence-electron chi connectivity index (χ0n) is 15.2. The van der Waals surface area contributed by atoms with Crippen molar-refractivity contribution in [3.63, 3.8) is 0 Å². The lowest BCUT2D eigenvalue weighted by molar-refractivity contribution is -0.119. The summed E-state index contributed by atoms with van der Waals surface area (Å²) in [4.78, 5) is 24.3. The zero-order chi connectivity index (χ0) is 20.1. The quantitative estimate of drug-likeness (QED) is 0.795. The number of amides is 2. The van der Waals surface area contributed by atoms with Crippen LogP contribution in [-0.4, -0.2) is 36.3 Å². The number of benzene rings is 2. The number of aliphatic hydroxyl groups excluding tert-OH is 1. The molecule has 2 aromatic rings.